The highest BCUT2D eigenvalue weighted by Gasteiger charge is 1.92. The SMILES string of the molecule is CCCCCCCC/C(Cl)=C/I. The van der Waals surface area contributed by atoms with Gasteiger partial charge >= 0.3 is 0 Å². The summed E-state index contributed by atoms with van der Waals surface area (Å²) in [6.45, 7) is 2.25. The molecule has 0 spiro atoms. The van der Waals surface area contributed by atoms with Gasteiger partial charge in [0.15, 0.2) is 0 Å². The molecule has 72 valence electrons. The van der Waals surface area contributed by atoms with E-state index in [9.17, 15) is 0 Å². The van der Waals surface area contributed by atoms with Crippen LogP contribution in [0.5, 0.6) is 0 Å². The van der Waals surface area contributed by atoms with Crippen molar-refractivity contribution >= 4 is 34.2 Å². The first-order valence-electron chi connectivity index (χ1n) is 4.76. The second-order valence-electron chi connectivity index (χ2n) is 3.07. The quantitative estimate of drug-likeness (QED) is 0.445. The van der Waals surface area contributed by atoms with Crippen LogP contribution in [0.15, 0.2) is 9.12 Å². The van der Waals surface area contributed by atoms with Gasteiger partial charge in [-0.25, -0.2) is 0 Å². The Bertz CT molecular complexity index is 121. The van der Waals surface area contributed by atoms with Crippen molar-refractivity contribution in [3.63, 3.8) is 0 Å². The molecule has 0 heterocycles. The van der Waals surface area contributed by atoms with Crippen LogP contribution in [0.1, 0.15) is 51.9 Å². The summed E-state index contributed by atoms with van der Waals surface area (Å²) >= 11 is 8.05. The van der Waals surface area contributed by atoms with Crippen LogP contribution >= 0.6 is 34.2 Å². The summed E-state index contributed by atoms with van der Waals surface area (Å²) < 4.78 is 1.96. The molecule has 0 fully saturated rings. The maximum atomic E-state index is 5.86. The molecular formula is C10H18ClI. The van der Waals surface area contributed by atoms with E-state index in [-0.39, 0.29) is 0 Å². The molecule has 0 rings (SSSR count). The van der Waals surface area contributed by atoms with Gasteiger partial charge in [0, 0.05) is 5.03 Å². The van der Waals surface area contributed by atoms with Gasteiger partial charge in [0.1, 0.15) is 0 Å². The van der Waals surface area contributed by atoms with Gasteiger partial charge in [0.25, 0.3) is 0 Å². The van der Waals surface area contributed by atoms with Gasteiger partial charge in [-0.1, -0.05) is 73.2 Å². The Morgan fingerprint density at radius 3 is 2.33 bits per heavy atom. The van der Waals surface area contributed by atoms with Gasteiger partial charge in [-0.2, -0.15) is 0 Å². The number of halogens is 2. The number of rotatable bonds is 7. The molecule has 0 aromatic rings. The predicted octanol–water partition coefficient (Wildman–Crippen LogP) is 5.25. The highest BCUT2D eigenvalue weighted by atomic mass is 127. The molecule has 0 saturated heterocycles. The van der Waals surface area contributed by atoms with Crippen LogP contribution in [0.25, 0.3) is 0 Å². The lowest BCUT2D eigenvalue weighted by molar-refractivity contribution is 0.610. The highest BCUT2D eigenvalue weighted by Crippen LogP contribution is 2.15. The maximum Gasteiger partial charge on any atom is 0.0241 e. The van der Waals surface area contributed by atoms with Crippen molar-refractivity contribution < 1.29 is 0 Å². The monoisotopic (exact) mass is 300 g/mol. The number of allylic oxidation sites excluding steroid dienone is 1. The zero-order valence-electron chi connectivity index (χ0n) is 7.78. The Hall–Kier alpha value is 0.760. The lowest BCUT2D eigenvalue weighted by Crippen LogP contribution is -1.79. The molecule has 0 amide bonds. The average molecular weight is 301 g/mol. The van der Waals surface area contributed by atoms with Crippen molar-refractivity contribution in [2.24, 2.45) is 0 Å². The Balaban J connectivity index is 3.00. The van der Waals surface area contributed by atoms with Crippen LogP contribution in [0.2, 0.25) is 0 Å². The number of unbranched alkanes of at least 4 members (excludes halogenated alkanes) is 5. The van der Waals surface area contributed by atoms with Crippen molar-refractivity contribution in [2.45, 2.75) is 51.9 Å². The fourth-order valence-corrected chi connectivity index (χ4v) is 1.57. The Morgan fingerprint density at radius 2 is 1.75 bits per heavy atom. The third-order valence-corrected chi connectivity index (χ3v) is 3.31. The minimum Gasteiger partial charge on any atom is -0.0887 e. The van der Waals surface area contributed by atoms with Gasteiger partial charge in [-0.05, 0) is 16.9 Å². The fourth-order valence-electron chi connectivity index (χ4n) is 1.13. The molecule has 12 heavy (non-hydrogen) atoms. The fraction of sp³-hybridized carbons (Fsp3) is 0.800. The second kappa shape index (κ2) is 9.85. The Kier molecular flexibility index (Phi) is 10.5. The van der Waals surface area contributed by atoms with Crippen molar-refractivity contribution in [1.82, 2.24) is 0 Å². The molecule has 0 aliphatic heterocycles. The third-order valence-electron chi connectivity index (χ3n) is 1.89. The molecule has 0 bridgehead atoms. The molecule has 0 radical (unpaired) electrons. The van der Waals surface area contributed by atoms with Crippen LogP contribution in [0.3, 0.4) is 0 Å². The smallest absolute Gasteiger partial charge is 0.0241 e. The molecule has 0 nitrogen and oxygen atoms in total. The van der Waals surface area contributed by atoms with E-state index in [1.54, 1.807) is 0 Å². The highest BCUT2D eigenvalue weighted by molar-refractivity contribution is 14.1. The molecule has 0 aliphatic rings. The summed E-state index contributed by atoms with van der Waals surface area (Å²) in [5.74, 6) is 0. The molecule has 0 aromatic carbocycles. The van der Waals surface area contributed by atoms with E-state index < -0.39 is 0 Å². The third kappa shape index (κ3) is 8.85. The molecular weight excluding hydrogens is 282 g/mol. The van der Waals surface area contributed by atoms with E-state index in [0.29, 0.717) is 0 Å². The lowest BCUT2D eigenvalue weighted by Gasteiger charge is -1.99. The van der Waals surface area contributed by atoms with Crippen LogP contribution in [-0.2, 0) is 0 Å². The molecule has 0 saturated carbocycles. The summed E-state index contributed by atoms with van der Waals surface area (Å²) in [4.78, 5) is 0. The van der Waals surface area contributed by atoms with E-state index in [0.717, 1.165) is 11.5 Å². The van der Waals surface area contributed by atoms with Gasteiger partial charge in [0.05, 0.1) is 0 Å². The molecule has 0 aliphatic carbocycles. The second-order valence-corrected chi connectivity index (χ2v) is 4.18. The van der Waals surface area contributed by atoms with E-state index in [4.69, 9.17) is 11.6 Å². The Morgan fingerprint density at radius 1 is 1.17 bits per heavy atom. The first kappa shape index (κ1) is 12.8. The number of hydrogen-bond acceptors (Lipinski definition) is 0. The molecule has 0 unspecified atom stereocenters. The topological polar surface area (TPSA) is 0 Å². The van der Waals surface area contributed by atoms with Crippen LogP contribution < -0.4 is 0 Å². The average Bonchev–Trinajstić information content (AvgIpc) is 2.10. The largest absolute Gasteiger partial charge is 0.0887 e. The van der Waals surface area contributed by atoms with Crippen molar-refractivity contribution in [2.75, 3.05) is 0 Å². The summed E-state index contributed by atoms with van der Waals surface area (Å²) in [7, 11) is 0. The minimum atomic E-state index is 1.01. The van der Waals surface area contributed by atoms with E-state index in [1.807, 2.05) is 4.08 Å². The van der Waals surface area contributed by atoms with Crippen LogP contribution in [0, 0.1) is 0 Å². The van der Waals surface area contributed by atoms with Crippen molar-refractivity contribution in [3.8, 4) is 0 Å². The van der Waals surface area contributed by atoms with E-state index in [2.05, 4.69) is 29.5 Å². The van der Waals surface area contributed by atoms with Crippen molar-refractivity contribution in [3.05, 3.63) is 9.12 Å². The summed E-state index contributed by atoms with van der Waals surface area (Å²) in [5, 5.41) is 1.01. The van der Waals surface area contributed by atoms with Gasteiger partial charge in [0.2, 0.25) is 0 Å². The van der Waals surface area contributed by atoms with Gasteiger partial charge < -0.3 is 0 Å². The first-order chi connectivity index (χ1) is 5.81. The van der Waals surface area contributed by atoms with Crippen molar-refractivity contribution in [1.29, 1.82) is 0 Å². The van der Waals surface area contributed by atoms with Gasteiger partial charge in [-0.15, -0.1) is 0 Å². The maximum absolute atomic E-state index is 5.86. The van der Waals surface area contributed by atoms with E-state index in [1.165, 1.54) is 38.5 Å². The normalized spacial score (nSPS) is 12.1. The molecule has 2 heteroatoms. The van der Waals surface area contributed by atoms with E-state index >= 15 is 0 Å². The Labute approximate surface area is 94.9 Å². The summed E-state index contributed by atoms with van der Waals surface area (Å²) in [6, 6.07) is 0. The minimum absolute atomic E-state index is 1.01. The standard InChI is InChI=1S/C10H18ClI/c1-2-3-4-5-6-7-8-10(11)9-12/h9H,2-8H2,1H3/b10-9-. The molecule has 0 aromatic heterocycles. The first-order valence-corrected chi connectivity index (χ1v) is 6.38. The zero-order chi connectivity index (χ0) is 9.23. The summed E-state index contributed by atoms with van der Waals surface area (Å²) in [6.07, 6.45) is 9.13. The lowest BCUT2D eigenvalue weighted by atomic mass is 10.1. The van der Waals surface area contributed by atoms with Gasteiger partial charge in [-0.3, -0.25) is 0 Å². The van der Waals surface area contributed by atoms with Crippen LogP contribution in [0.4, 0.5) is 0 Å². The summed E-state index contributed by atoms with van der Waals surface area (Å²) in [5.41, 5.74) is 0. The predicted molar refractivity (Wildman–Crippen MR) is 65.9 cm³/mol. The molecule has 0 N–H and O–H groups in total. The van der Waals surface area contributed by atoms with Crippen LogP contribution in [-0.4, -0.2) is 0 Å². The zero-order valence-corrected chi connectivity index (χ0v) is 10.7. The number of hydrogen-bond donors (Lipinski definition) is 0. The molecule has 0 atom stereocenters.